The predicted octanol–water partition coefficient (Wildman–Crippen LogP) is 10.2. The van der Waals surface area contributed by atoms with E-state index >= 15 is 0 Å². The standard InChI is InChI=1S/C67H86N6O16S4/c1-8-67(9-2,47-18-12-13-19-47)70-62(74)61(92(77,78)79)22-29-90-91-66(3,4)42-71(23-24-86-27-28-87-26-25-83-5)48-31-43(40-88-59-37-52-50(35-57(59)84-6)64(75)72-49(39-68-52)33-45-16-10-14-20-54(45)72)30-44(32-48)41-89-60-38-53-51(36-58(60)85-7)65(76)73-55-21-15-11-17-46(55)34-56(73)63(69-53)93(80,81)82/h10-11,14-17,20-21,30-32,35-38,47,49,56,61,63,68-69H,8-9,12-13,18-19,22-29,33-34,39-42H2,1-7H3,(H,70,74)(H,77,78,79)(H,80,81,82)/t49-,56-,61?,63?/m0/s1. The molecule has 5 N–H and O–H groups in total. The molecule has 0 spiro atoms. The molecule has 2 unspecified atom stereocenters. The van der Waals surface area contributed by atoms with Crippen molar-refractivity contribution in [3.05, 3.63) is 124 Å². The van der Waals surface area contributed by atoms with E-state index in [-0.39, 0.29) is 79.0 Å². The number of carbonyl (C=O) groups excluding carboxylic acids is 3. The van der Waals surface area contributed by atoms with Crippen LogP contribution in [0, 0.1) is 5.92 Å². The molecule has 4 aliphatic heterocycles. The van der Waals surface area contributed by atoms with Gasteiger partial charge in [0.25, 0.3) is 32.1 Å². The van der Waals surface area contributed by atoms with Gasteiger partial charge in [-0.25, -0.2) is 0 Å². The fraction of sp³-hybridized carbons (Fsp3) is 0.507. The van der Waals surface area contributed by atoms with Gasteiger partial charge in [0.05, 0.1) is 81.8 Å². The molecule has 0 bridgehead atoms. The molecule has 5 aromatic rings. The van der Waals surface area contributed by atoms with Crippen LogP contribution in [0.1, 0.15) is 116 Å². The lowest BCUT2D eigenvalue weighted by molar-refractivity contribution is -0.123. The molecule has 1 saturated carbocycles. The number of rotatable bonds is 32. The highest BCUT2D eigenvalue weighted by atomic mass is 33.1. The van der Waals surface area contributed by atoms with Crippen molar-refractivity contribution in [1.82, 2.24) is 5.32 Å². The molecule has 4 heterocycles. The average Bonchev–Trinajstić information content (AvgIpc) is 1.61. The summed E-state index contributed by atoms with van der Waals surface area (Å²) >= 11 is 0. The minimum absolute atomic E-state index is 0.00994. The third-order valence-corrected chi connectivity index (χ3v) is 23.9. The van der Waals surface area contributed by atoms with Gasteiger partial charge in [0.15, 0.2) is 33.6 Å². The molecule has 22 nitrogen and oxygen atoms in total. The Hall–Kier alpha value is -6.49. The number of hydrogen-bond donors (Lipinski definition) is 5. The highest BCUT2D eigenvalue weighted by molar-refractivity contribution is 8.77. The van der Waals surface area contributed by atoms with Gasteiger partial charge < -0.3 is 63.8 Å². The van der Waals surface area contributed by atoms with Gasteiger partial charge in [-0.05, 0) is 129 Å². The summed E-state index contributed by atoms with van der Waals surface area (Å²) in [5, 5.41) is 6.38. The molecule has 5 aromatic carbocycles. The topological polar surface area (TPSA) is 270 Å². The number of amides is 3. The maximum Gasteiger partial charge on any atom is 0.288 e. The van der Waals surface area contributed by atoms with Crippen molar-refractivity contribution in [2.24, 2.45) is 5.92 Å². The van der Waals surface area contributed by atoms with E-state index in [1.54, 1.807) is 31.4 Å². The van der Waals surface area contributed by atoms with Crippen molar-refractivity contribution in [3.63, 3.8) is 0 Å². The largest absolute Gasteiger partial charge is 0.493 e. The lowest BCUT2D eigenvalue weighted by atomic mass is 9.78. The number of fused-ring (bicyclic) bond motifs is 8. The van der Waals surface area contributed by atoms with Gasteiger partial charge in [-0.2, -0.15) is 16.8 Å². The molecular formula is C67H86N6O16S4. The van der Waals surface area contributed by atoms with Crippen LogP contribution < -0.4 is 49.6 Å². The highest BCUT2D eigenvalue weighted by Gasteiger charge is 2.48. The lowest BCUT2D eigenvalue weighted by Gasteiger charge is -2.39. The van der Waals surface area contributed by atoms with Gasteiger partial charge in [0.2, 0.25) is 5.91 Å². The van der Waals surface area contributed by atoms with Crippen molar-refractivity contribution in [3.8, 4) is 23.0 Å². The van der Waals surface area contributed by atoms with E-state index in [2.05, 4.69) is 34.7 Å². The zero-order valence-corrected chi connectivity index (χ0v) is 57.0. The summed E-state index contributed by atoms with van der Waals surface area (Å²) in [5.41, 5.74) is 6.11. The second-order valence-corrected chi connectivity index (χ2v) is 31.1. The first kappa shape index (κ1) is 69.3. The van der Waals surface area contributed by atoms with Gasteiger partial charge in [0, 0.05) is 72.0 Å². The third-order valence-electron chi connectivity index (χ3n) is 18.3. The normalized spacial score (nSPS) is 18.2. The summed E-state index contributed by atoms with van der Waals surface area (Å²) in [6, 6.07) is 26.4. The van der Waals surface area contributed by atoms with Gasteiger partial charge in [-0.3, -0.25) is 23.5 Å². The molecule has 0 saturated heterocycles. The molecule has 1 fully saturated rings. The Morgan fingerprint density at radius 2 is 1.30 bits per heavy atom. The zero-order valence-electron chi connectivity index (χ0n) is 53.8. The monoisotopic (exact) mass is 1360 g/mol. The molecule has 5 aliphatic rings. The van der Waals surface area contributed by atoms with E-state index in [0.29, 0.717) is 105 Å². The van der Waals surface area contributed by atoms with Crippen molar-refractivity contribution in [2.75, 3.05) is 105 Å². The number of para-hydroxylation sites is 2. The predicted molar refractivity (Wildman–Crippen MR) is 363 cm³/mol. The smallest absolute Gasteiger partial charge is 0.288 e. The van der Waals surface area contributed by atoms with Crippen molar-refractivity contribution < 1.29 is 73.5 Å². The molecular weight excluding hydrogens is 1270 g/mol. The first-order chi connectivity index (χ1) is 44.6. The van der Waals surface area contributed by atoms with Gasteiger partial charge in [0.1, 0.15) is 13.2 Å². The minimum Gasteiger partial charge on any atom is -0.493 e. The third kappa shape index (κ3) is 15.9. The maximum absolute atomic E-state index is 14.6. The van der Waals surface area contributed by atoms with Crippen LogP contribution in [-0.4, -0.2) is 156 Å². The Balaban J connectivity index is 0.943. The van der Waals surface area contributed by atoms with Gasteiger partial charge in [-0.15, -0.1) is 0 Å². The van der Waals surface area contributed by atoms with E-state index in [1.807, 2.05) is 73.3 Å². The van der Waals surface area contributed by atoms with E-state index in [1.165, 1.54) is 52.8 Å². The number of nitrogens with zero attached hydrogens (tertiary/aromatic N) is 3. The summed E-state index contributed by atoms with van der Waals surface area (Å²) in [6.45, 7) is 11.2. The van der Waals surface area contributed by atoms with Gasteiger partial charge >= 0.3 is 0 Å². The fourth-order valence-corrected chi connectivity index (χ4v) is 18.0. The van der Waals surface area contributed by atoms with Crippen LogP contribution in [0.25, 0.3) is 0 Å². The van der Waals surface area contributed by atoms with Crippen molar-refractivity contribution >= 4 is 88.0 Å². The Kier molecular flexibility index (Phi) is 22.4. The molecule has 93 heavy (non-hydrogen) atoms. The van der Waals surface area contributed by atoms with Crippen LogP contribution >= 0.6 is 21.6 Å². The van der Waals surface area contributed by atoms with Gasteiger partial charge in [-0.1, -0.05) is 84.7 Å². The minimum atomic E-state index is -4.79. The molecule has 4 atom stereocenters. The SMILES string of the molecule is CCC(CC)(NC(=O)C(CCSSC(C)(C)CN(CCOCCOCCOC)c1cc(COc2cc3c(cc2OC)C(=O)N2c4ccccc4C[C@H]2CN3)cc(COc2cc3c(cc2OC)C(=O)N2c4ccccc4C[C@H]2C(S(=O)(=O)O)N3)c1)S(=O)(=O)O)C1CCCC1. The lowest BCUT2D eigenvalue weighted by Crippen LogP contribution is -2.56. The summed E-state index contributed by atoms with van der Waals surface area (Å²) < 4.78 is 115. The Bertz CT molecular complexity index is 3740. The van der Waals surface area contributed by atoms with E-state index in [9.17, 15) is 40.3 Å². The summed E-state index contributed by atoms with van der Waals surface area (Å²) in [6.07, 6.45) is 6.09. The molecule has 0 aromatic heterocycles. The van der Waals surface area contributed by atoms with E-state index < -0.39 is 59.0 Å². The van der Waals surface area contributed by atoms with E-state index in [4.69, 9.17) is 33.2 Å². The first-order valence-corrected chi connectivity index (χ1v) is 37.0. The summed E-state index contributed by atoms with van der Waals surface area (Å²) in [4.78, 5) is 48.3. The highest BCUT2D eigenvalue weighted by Crippen LogP contribution is 2.46. The summed E-state index contributed by atoms with van der Waals surface area (Å²) in [7, 11) is -2.04. The van der Waals surface area contributed by atoms with Crippen LogP contribution in [0.5, 0.6) is 23.0 Å². The number of ether oxygens (including phenoxy) is 7. The van der Waals surface area contributed by atoms with Crippen LogP contribution in [0.2, 0.25) is 0 Å². The quantitative estimate of drug-likeness (QED) is 0.0152. The Morgan fingerprint density at radius 3 is 1.90 bits per heavy atom. The van der Waals surface area contributed by atoms with Crippen LogP contribution in [0.15, 0.2) is 91.0 Å². The molecule has 3 amide bonds. The summed E-state index contributed by atoms with van der Waals surface area (Å²) in [5.74, 6) is 0.240. The number of carbonyl (C=O) groups is 3. The van der Waals surface area contributed by atoms with E-state index in [0.717, 1.165) is 48.2 Å². The first-order valence-electron chi connectivity index (χ1n) is 31.7. The van der Waals surface area contributed by atoms with Crippen molar-refractivity contribution in [2.45, 2.75) is 132 Å². The van der Waals surface area contributed by atoms with Crippen LogP contribution in [0.4, 0.5) is 28.4 Å². The maximum atomic E-state index is 14.6. The molecule has 0 radical (unpaired) electrons. The number of methoxy groups -OCH3 is 3. The Morgan fingerprint density at radius 1 is 0.731 bits per heavy atom. The van der Waals surface area contributed by atoms with Crippen molar-refractivity contribution in [1.29, 1.82) is 0 Å². The second-order valence-electron chi connectivity index (χ2n) is 24.8. The second kappa shape index (κ2) is 30.1. The van der Waals surface area contributed by atoms with Crippen LogP contribution in [0.3, 0.4) is 0 Å². The average molecular weight is 1360 g/mol. The molecule has 504 valence electrons. The molecule has 26 heteroatoms. The Labute approximate surface area is 553 Å². The molecule has 10 rings (SSSR count). The van der Waals surface area contributed by atoms with Crippen LogP contribution in [-0.2, 0) is 65.3 Å². The molecule has 1 aliphatic carbocycles. The number of anilines is 5. The zero-order chi connectivity index (χ0) is 66.2. The number of nitrogens with one attached hydrogen (secondary N) is 3. The number of benzene rings is 5. The fourth-order valence-electron chi connectivity index (χ4n) is 13.6. The number of hydrogen-bond acceptors (Lipinski definition) is 19.